The van der Waals surface area contributed by atoms with Gasteiger partial charge in [-0.1, -0.05) is 34.1 Å². The summed E-state index contributed by atoms with van der Waals surface area (Å²) >= 11 is 0. The van der Waals surface area contributed by atoms with Crippen molar-refractivity contribution in [2.45, 2.75) is 201 Å². The van der Waals surface area contributed by atoms with Gasteiger partial charge in [0.15, 0.2) is 0 Å². The number of hydrogen-bond acceptors (Lipinski definition) is 13. The highest BCUT2D eigenvalue weighted by atomic mass is 16.5. The van der Waals surface area contributed by atoms with Crippen molar-refractivity contribution in [3.8, 4) is 0 Å². The number of ether oxygens (including phenoxy) is 1. The fourth-order valence-electron chi connectivity index (χ4n) is 7.09. The van der Waals surface area contributed by atoms with Crippen molar-refractivity contribution in [3.63, 3.8) is 0 Å². The van der Waals surface area contributed by atoms with E-state index in [4.69, 9.17) is 4.74 Å². The van der Waals surface area contributed by atoms with Gasteiger partial charge < -0.3 is 62.6 Å². The van der Waals surface area contributed by atoms with Crippen molar-refractivity contribution in [1.82, 2.24) is 52.8 Å². The first kappa shape index (κ1) is 62.1. The maximum absolute atomic E-state index is 13.9. The number of carbonyl (C=O) groups excluding carboxylic acids is 11. The van der Waals surface area contributed by atoms with Crippen molar-refractivity contribution < 1.29 is 62.6 Å². The van der Waals surface area contributed by atoms with Gasteiger partial charge in [-0.2, -0.15) is 0 Å². The lowest BCUT2D eigenvalue weighted by molar-refractivity contribution is -0.148. The summed E-state index contributed by atoms with van der Waals surface area (Å²) in [6, 6.07) is -4.37. The van der Waals surface area contributed by atoms with Crippen LogP contribution in [0.15, 0.2) is 0 Å². The quantitative estimate of drug-likeness (QED) is 0.0524. The van der Waals surface area contributed by atoms with Crippen molar-refractivity contribution >= 4 is 65.0 Å². The van der Waals surface area contributed by atoms with Gasteiger partial charge in [0.1, 0.15) is 58.0 Å². The van der Waals surface area contributed by atoms with Gasteiger partial charge in [0, 0.05) is 20.4 Å². The predicted molar refractivity (Wildman–Crippen MR) is 258 cm³/mol. The maximum Gasteiger partial charge on any atom is 0.302 e. The number of aliphatic hydroxyl groups excluding tert-OH is 1. The molecule has 10 amide bonds. The van der Waals surface area contributed by atoms with E-state index in [1.54, 1.807) is 27.7 Å². The molecule has 70 heavy (non-hydrogen) atoms. The third-order valence-electron chi connectivity index (χ3n) is 12.0. The lowest BCUT2D eigenvalue weighted by Crippen LogP contribution is -2.67. The van der Waals surface area contributed by atoms with Crippen molar-refractivity contribution in [1.29, 1.82) is 0 Å². The fraction of sp³-hybridized carbons (Fsp3) is 0.766. The Kier molecular flexibility index (Phi) is 21.6. The van der Waals surface area contributed by atoms with Gasteiger partial charge in [0.05, 0.1) is 12.6 Å². The van der Waals surface area contributed by atoms with Gasteiger partial charge >= 0.3 is 5.97 Å². The zero-order valence-corrected chi connectivity index (χ0v) is 44.5. The molecule has 5 atom stereocenters. The minimum absolute atomic E-state index is 0.00446. The summed E-state index contributed by atoms with van der Waals surface area (Å²) in [6.45, 7) is 25.7. The molecule has 1 fully saturated rings. The average molecular weight is 995 g/mol. The molecule has 1 aliphatic rings. The second-order valence-electron chi connectivity index (χ2n) is 21.6. The Morgan fingerprint density at radius 2 is 0.957 bits per heavy atom. The first-order chi connectivity index (χ1) is 31.7. The summed E-state index contributed by atoms with van der Waals surface area (Å²) in [5, 5.41) is 33.3. The molecule has 23 nitrogen and oxygen atoms in total. The van der Waals surface area contributed by atoms with Gasteiger partial charge in [-0.15, -0.1) is 0 Å². The third-order valence-corrected chi connectivity index (χ3v) is 12.0. The first-order valence-electron chi connectivity index (χ1n) is 23.6. The Labute approximate surface area is 412 Å². The standard InChI is InChI=1S/C47H82N10O13/c1-19-26(4)32(50-37(65)42(7,8)53-34(62)31(25(2)3)49-38(66)44(11,12)55-39(67)45(13,14)51-27(5)59)35(63)54-46(15,16)40(68)56-43(9,10)36(64)48-30(23-58)33(61)52-47(17,18)41(69)57-22-20-21-29(57)24-70-28(6)60/h25-26,29-32,58H,19-24H2,1-18H3,(H,48,64)(H,49,66)(H,50,65)(H,51,59)(H,52,61)(H,53,62)(H,54,63)(H,55,67)(H,56,68)/t26-,29-,30-,31-,32-/m0/s1. The van der Waals surface area contributed by atoms with Crippen LogP contribution in [0.1, 0.15) is 144 Å². The second-order valence-corrected chi connectivity index (χ2v) is 21.6. The molecule has 0 saturated carbocycles. The maximum atomic E-state index is 13.9. The zero-order valence-electron chi connectivity index (χ0n) is 44.5. The van der Waals surface area contributed by atoms with E-state index in [-0.39, 0.29) is 12.6 Å². The molecule has 23 heteroatoms. The summed E-state index contributed by atoms with van der Waals surface area (Å²) in [4.78, 5) is 147. The number of hydrogen-bond donors (Lipinski definition) is 10. The van der Waals surface area contributed by atoms with Gasteiger partial charge in [-0.25, -0.2) is 0 Å². The number of aliphatic hydroxyl groups is 1. The first-order valence-corrected chi connectivity index (χ1v) is 23.6. The van der Waals surface area contributed by atoms with E-state index < -0.39 is 135 Å². The van der Waals surface area contributed by atoms with Crippen LogP contribution < -0.4 is 47.9 Å². The molecular weight excluding hydrogens is 913 g/mol. The van der Waals surface area contributed by atoms with Crippen molar-refractivity contribution in [2.24, 2.45) is 11.8 Å². The summed E-state index contributed by atoms with van der Waals surface area (Å²) in [6.07, 6.45) is 1.64. The molecule has 1 heterocycles. The second kappa shape index (κ2) is 24.3. The highest BCUT2D eigenvalue weighted by Gasteiger charge is 2.44. The number of likely N-dealkylation sites (tertiary alicyclic amines) is 1. The van der Waals surface area contributed by atoms with Crippen LogP contribution in [0.25, 0.3) is 0 Å². The molecule has 0 aromatic carbocycles. The van der Waals surface area contributed by atoms with Gasteiger partial charge in [0.25, 0.3) is 0 Å². The normalized spacial score (nSPS) is 16.3. The monoisotopic (exact) mass is 995 g/mol. The van der Waals surface area contributed by atoms with Crippen LogP contribution in [0.4, 0.5) is 0 Å². The molecule has 1 rings (SSSR count). The van der Waals surface area contributed by atoms with E-state index in [1.165, 1.54) is 102 Å². The topological polar surface area (TPSA) is 329 Å². The summed E-state index contributed by atoms with van der Waals surface area (Å²) in [5.41, 5.74) is -9.53. The molecule has 1 aliphatic heterocycles. The molecular formula is C47H82N10O13. The van der Waals surface area contributed by atoms with E-state index >= 15 is 0 Å². The zero-order chi connectivity index (χ0) is 54.7. The number of carbonyl (C=O) groups is 11. The number of esters is 1. The van der Waals surface area contributed by atoms with E-state index in [0.717, 1.165) is 0 Å². The molecule has 0 spiro atoms. The number of nitrogens with zero attached hydrogens (tertiary/aromatic N) is 1. The lowest BCUT2D eigenvalue weighted by Gasteiger charge is -2.36. The van der Waals surface area contributed by atoms with E-state index in [0.29, 0.717) is 25.8 Å². The molecule has 10 N–H and O–H groups in total. The largest absolute Gasteiger partial charge is 0.464 e. The Balaban J connectivity index is 3.10. The molecule has 0 aliphatic carbocycles. The molecule has 0 bridgehead atoms. The third kappa shape index (κ3) is 17.5. The SMILES string of the molecule is CC[C@H](C)[C@H](NC(=O)C(C)(C)NC(=O)[C@@H](NC(=O)C(C)(C)NC(=O)C(C)(C)NC(C)=O)C(C)C)C(=O)NC(C)(C)C(=O)NC(C)(C)C(=O)N[C@@H](CO)C(=O)NC(C)(C)C(=O)N1CCC[C@H]1COC(C)=O. The van der Waals surface area contributed by atoms with E-state index in [9.17, 15) is 57.8 Å². The van der Waals surface area contributed by atoms with Crippen LogP contribution in [0.3, 0.4) is 0 Å². The smallest absolute Gasteiger partial charge is 0.302 e. The van der Waals surface area contributed by atoms with E-state index in [2.05, 4.69) is 47.9 Å². The van der Waals surface area contributed by atoms with Crippen LogP contribution in [0.2, 0.25) is 0 Å². The highest BCUT2D eigenvalue weighted by Crippen LogP contribution is 2.23. The van der Waals surface area contributed by atoms with Crippen LogP contribution in [-0.2, 0) is 57.5 Å². The highest BCUT2D eigenvalue weighted by molar-refractivity contribution is 6.01. The number of amides is 10. The minimum Gasteiger partial charge on any atom is -0.464 e. The summed E-state index contributed by atoms with van der Waals surface area (Å²) < 4.78 is 5.10. The van der Waals surface area contributed by atoms with Crippen molar-refractivity contribution in [2.75, 3.05) is 19.8 Å². The Hall–Kier alpha value is -5.87. The van der Waals surface area contributed by atoms with Crippen LogP contribution in [-0.4, -0.2) is 152 Å². The average Bonchev–Trinajstić information content (AvgIpc) is 3.68. The minimum atomic E-state index is -1.74. The van der Waals surface area contributed by atoms with Gasteiger partial charge in [-0.05, 0) is 108 Å². The number of nitrogens with one attached hydrogen (secondary N) is 9. The summed E-state index contributed by atoms with van der Waals surface area (Å²) in [5.74, 6) is -8.72. The van der Waals surface area contributed by atoms with Crippen LogP contribution >= 0.6 is 0 Å². The van der Waals surface area contributed by atoms with Crippen LogP contribution in [0, 0.1) is 11.8 Å². The Morgan fingerprint density at radius 1 is 0.557 bits per heavy atom. The lowest BCUT2D eigenvalue weighted by atomic mass is 9.93. The molecule has 0 unspecified atom stereocenters. The molecule has 0 radical (unpaired) electrons. The predicted octanol–water partition coefficient (Wildman–Crippen LogP) is -0.922. The molecule has 398 valence electrons. The Morgan fingerprint density at radius 3 is 1.39 bits per heavy atom. The van der Waals surface area contributed by atoms with E-state index in [1.807, 2.05) is 0 Å². The summed E-state index contributed by atoms with van der Waals surface area (Å²) in [7, 11) is 0. The molecule has 1 saturated heterocycles. The fourth-order valence-corrected chi connectivity index (χ4v) is 7.09. The van der Waals surface area contributed by atoms with Gasteiger partial charge in [-0.3, -0.25) is 52.7 Å². The number of rotatable bonds is 24. The molecule has 0 aromatic heterocycles. The Bertz CT molecular complexity index is 2000. The molecule has 0 aromatic rings. The van der Waals surface area contributed by atoms with Crippen molar-refractivity contribution in [3.05, 3.63) is 0 Å². The van der Waals surface area contributed by atoms with Crippen LogP contribution in [0.5, 0.6) is 0 Å². The van der Waals surface area contributed by atoms with Gasteiger partial charge in [0.2, 0.25) is 59.1 Å².